The largest absolute Gasteiger partial charge is 0.468 e. The highest BCUT2D eigenvalue weighted by Crippen LogP contribution is 2.48. The van der Waals surface area contributed by atoms with Crippen molar-refractivity contribution in [1.82, 2.24) is 0 Å². The molecule has 1 aliphatic carbocycles. The Morgan fingerprint density at radius 3 is 3.10 bits per heavy atom. The van der Waals surface area contributed by atoms with E-state index in [-0.39, 0.29) is 30.8 Å². The van der Waals surface area contributed by atoms with Gasteiger partial charge in [0.05, 0.1) is 13.7 Å². The molecule has 0 amide bonds. The number of esters is 1. The van der Waals surface area contributed by atoms with E-state index < -0.39 is 11.4 Å². The summed E-state index contributed by atoms with van der Waals surface area (Å²) in [6, 6.07) is 0. The lowest BCUT2D eigenvalue weighted by Crippen LogP contribution is -2.54. The first kappa shape index (κ1) is 14.8. The topological polar surface area (TPSA) is 101 Å². The van der Waals surface area contributed by atoms with E-state index in [4.69, 9.17) is 15.0 Å². The molecule has 0 aromatic heterocycles. The molecule has 0 N–H and O–H groups in total. The zero-order valence-electron chi connectivity index (χ0n) is 11.6. The molecule has 2 rings (SSSR count). The Morgan fingerprint density at radius 2 is 2.40 bits per heavy atom. The molecule has 0 spiro atoms. The molecule has 7 nitrogen and oxygen atoms in total. The third-order valence-electron chi connectivity index (χ3n) is 4.56. The Bertz CT molecular complexity index is 437. The summed E-state index contributed by atoms with van der Waals surface area (Å²) in [5, 5.41) is 3.54. The summed E-state index contributed by atoms with van der Waals surface area (Å²) in [5.74, 6) is -0.541. The summed E-state index contributed by atoms with van der Waals surface area (Å²) < 4.78 is 10.4. The first-order valence-corrected chi connectivity index (χ1v) is 6.87. The molecular formula is C13H19N3O4. The highest BCUT2D eigenvalue weighted by molar-refractivity contribution is 6.05. The van der Waals surface area contributed by atoms with Gasteiger partial charge in [0.2, 0.25) is 0 Å². The van der Waals surface area contributed by atoms with Gasteiger partial charge in [-0.1, -0.05) is 5.11 Å². The van der Waals surface area contributed by atoms with Gasteiger partial charge in [-0.05, 0) is 36.6 Å². The zero-order chi connectivity index (χ0) is 14.6. The summed E-state index contributed by atoms with van der Waals surface area (Å²) in [6.07, 6.45) is 2.49. The normalized spacial score (nSPS) is 33.0. The molecule has 3 unspecified atom stereocenters. The number of hydrogen-bond acceptors (Lipinski definition) is 5. The van der Waals surface area contributed by atoms with Crippen molar-refractivity contribution < 1.29 is 19.1 Å². The van der Waals surface area contributed by atoms with Crippen molar-refractivity contribution in [2.24, 2.45) is 22.4 Å². The van der Waals surface area contributed by atoms with Gasteiger partial charge in [0.25, 0.3) is 0 Å². The maximum Gasteiger partial charge on any atom is 0.322 e. The molecule has 0 radical (unpaired) electrons. The van der Waals surface area contributed by atoms with E-state index in [1.165, 1.54) is 7.11 Å². The van der Waals surface area contributed by atoms with Gasteiger partial charge in [-0.15, -0.1) is 0 Å². The molecule has 0 aromatic carbocycles. The first-order valence-electron chi connectivity index (χ1n) is 6.87. The number of ketones is 1. The number of Topliss-reactive ketones (excluding diaryl/α,β-unsaturated/α-hetero) is 1. The van der Waals surface area contributed by atoms with Crippen LogP contribution >= 0.6 is 0 Å². The molecule has 20 heavy (non-hydrogen) atoms. The number of methoxy groups -OCH3 is 1. The predicted octanol–water partition coefficient (Wildman–Crippen LogP) is 1.86. The fourth-order valence-corrected chi connectivity index (χ4v) is 3.58. The Labute approximate surface area is 117 Å². The number of azide groups is 1. The van der Waals surface area contributed by atoms with E-state index in [1.54, 1.807) is 0 Å². The van der Waals surface area contributed by atoms with Gasteiger partial charge in [-0.3, -0.25) is 9.59 Å². The molecule has 1 heterocycles. The highest BCUT2D eigenvalue weighted by atomic mass is 16.5. The SMILES string of the molecule is COC(=O)C12COCCC(CCC1=O)C2CCN=[N+]=[N-]. The second-order valence-electron chi connectivity index (χ2n) is 5.38. The molecule has 1 aliphatic heterocycles. The van der Waals surface area contributed by atoms with Crippen molar-refractivity contribution in [1.29, 1.82) is 0 Å². The Balaban J connectivity index is 2.36. The van der Waals surface area contributed by atoms with Gasteiger partial charge in [-0.25, -0.2) is 0 Å². The van der Waals surface area contributed by atoms with Crippen LogP contribution in [0.1, 0.15) is 25.7 Å². The first-order chi connectivity index (χ1) is 9.66. The number of ether oxygens (including phenoxy) is 2. The van der Waals surface area contributed by atoms with Crippen LogP contribution in [-0.2, 0) is 19.1 Å². The molecule has 1 saturated carbocycles. The van der Waals surface area contributed by atoms with Crippen molar-refractivity contribution in [2.45, 2.75) is 25.7 Å². The van der Waals surface area contributed by atoms with E-state index in [0.29, 0.717) is 19.4 Å². The molecule has 1 saturated heterocycles. The van der Waals surface area contributed by atoms with Crippen molar-refractivity contribution in [3.63, 3.8) is 0 Å². The molecule has 0 aromatic rings. The quantitative estimate of drug-likeness (QED) is 0.258. The summed E-state index contributed by atoms with van der Waals surface area (Å²) in [4.78, 5) is 27.5. The number of hydrogen-bond donors (Lipinski definition) is 0. The average molecular weight is 281 g/mol. The Hall–Kier alpha value is -1.59. The minimum atomic E-state index is -1.21. The van der Waals surface area contributed by atoms with Crippen molar-refractivity contribution in [3.05, 3.63) is 10.4 Å². The second kappa shape index (κ2) is 6.24. The van der Waals surface area contributed by atoms with Crippen LogP contribution in [0.4, 0.5) is 0 Å². The average Bonchev–Trinajstić information content (AvgIpc) is 2.59. The van der Waals surface area contributed by atoms with Crippen LogP contribution in [0.25, 0.3) is 10.4 Å². The monoisotopic (exact) mass is 281 g/mol. The number of carbonyl (C=O) groups is 2. The van der Waals surface area contributed by atoms with E-state index in [2.05, 4.69) is 10.0 Å². The fourth-order valence-electron chi connectivity index (χ4n) is 3.58. The molecule has 2 fully saturated rings. The lowest BCUT2D eigenvalue weighted by atomic mass is 9.59. The number of nitrogens with zero attached hydrogens (tertiary/aromatic N) is 3. The van der Waals surface area contributed by atoms with E-state index >= 15 is 0 Å². The third-order valence-corrected chi connectivity index (χ3v) is 4.56. The van der Waals surface area contributed by atoms with Gasteiger partial charge >= 0.3 is 5.97 Å². The van der Waals surface area contributed by atoms with Crippen molar-refractivity contribution in [3.8, 4) is 0 Å². The molecular weight excluding hydrogens is 262 g/mol. The van der Waals surface area contributed by atoms with Gasteiger partial charge in [0.15, 0.2) is 11.2 Å². The minimum absolute atomic E-state index is 0.0793. The zero-order valence-corrected chi connectivity index (χ0v) is 11.6. The van der Waals surface area contributed by atoms with Gasteiger partial charge < -0.3 is 9.47 Å². The van der Waals surface area contributed by atoms with Crippen LogP contribution in [0.5, 0.6) is 0 Å². The van der Waals surface area contributed by atoms with Crippen LogP contribution < -0.4 is 0 Å². The Kier molecular flexibility index (Phi) is 4.62. The maximum atomic E-state index is 12.4. The maximum absolute atomic E-state index is 12.4. The van der Waals surface area contributed by atoms with Gasteiger partial charge in [-0.2, -0.15) is 0 Å². The lowest BCUT2D eigenvalue weighted by Gasteiger charge is -2.42. The van der Waals surface area contributed by atoms with E-state index in [1.807, 2.05) is 0 Å². The summed E-state index contributed by atoms with van der Waals surface area (Å²) >= 11 is 0. The van der Waals surface area contributed by atoms with Crippen LogP contribution in [0.2, 0.25) is 0 Å². The van der Waals surface area contributed by atoms with Crippen LogP contribution in [-0.4, -0.2) is 38.6 Å². The molecule has 3 atom stereocenters. The van der Waals surface area contributed by atoms with Crippen molar-refractivity contribution in [2.75, 3.05) is 26.9 Å². The van der Waals surface area contributed by atoms with E-state index in [9.17, 15) is 9.59 Å². The lowest BCUT2D eigenvalue weighted by molar-refractivity contribution is -0.170. The van der Waals surface area contributed by atoms with Crippen LogP contribution in [0.3, 0.4) is 0 Å². The van der Waals surface area contributed by atoms with Gasteiger partial charge in [0.1, 0.15) is 0 Å². The number of fused-ring (bicyclic) bond motifs is 2. The molecule has 2 bridgehead atoms. The summed E-state index contributed by atoms with van der Waals surface area (Å²) in [5.41, 5.74) is 7.19. The fraction of sp³-hybridized carbons (Fsp3) is 0.846. The van der Waals surface area contributed by atoms with Crippen LogP contribution in [0, 0.1) is 17.3 Å². The standard InChI is InChI=1S/C13H19N3O4/c1-19-12(18)13-8-20-7-5-9(2-3-11(13)17)10(13)4-6-15-16-14/h9-10H,2-8H2,1H3. The van der Waals surface area contributed by atoms with Crippen molar-refractivity contribution >= 4 is 11.8 Å². The van der Waals surface area contributed by atoms with Gasteiger partial charge in [0, 0.05) is 24.5 Å². The van der Waals surface area contributed by atoms with Crippen LogP contribution in [0.15, 0.2) is 5.11 Å². The van der Waals surface area contributed by atoms with E-state index in [0.717, 1.165) is 12.8 Å². The number of rotatable bonds is 4. The second-order valence-corrected chi connectivity index (χ2v) is 5.38. The summed E-state index contributed by atoms with van der Waals surface area (Å²) in [7, 11) is 1.29. The molecule has 2 aliphatic rings. The minimum Gasteiger partial charge on any atom is -0.468 e. The Morgan fingerprint density at radius 1 is 1.60 bits per heavy atom. The number of carbonyl (C=O) groups excluding carboxylic acids is 2. The summed E-state index contributed by atoms with van der Waals surface area (Å²) in [6.45, 7) is 0.911. The predicted molar refractivity (Wildman–Crippen MR) is 69.7 cm³/mol. The third kappa shape index (κ3) is 2.39. The molecule has 7 heteroatoms. The molecule has 110 valence electrons. The smallest absolute Gasteiger partial charge is 0.322 e. The highest BCUT2D eigenvalue weighted by Gasteiger charge is 2.58.